The molecule has 0 aliphatic heterocycles. The highest BCUT2D eigenvalue weighted by Crippen LogP contribution is 2.23. The second-order valence-corrected chi connectivity index (χ2v) is 5.42. The summed E-state index contributed by atoms with van der Waals surface area (Å²) in [4.78, 5) is 11.7. The van der Waals surface area contributed by atoms with Crippen LogP contribution in [0.25, 0.3) is 0 Å². The molecule has 17 heavy (non-hydrogen) atoms. The molecule has 0 saturated heterocycles. The summed E-state index contributed by atoms with van der Waals surface area (Å²) >= 11 is 0. The molecule has 0 atom stereocenters. The molecule has 100 valence electrons. The highest BCUT2D eigenvalue weighted by atomic mass is 16.1. The van der Waals surface area contributed by atoms with Crippen molar-refractivity contribution in [2.75, 3.05) is 6.54 Å². The molecule has 0 heterocycles. The molecule has 0 aromatic carbocycles. The Hall–Kier alpha value is -0.570. The Morgan fingerprint density at radius 2 is 1.76 bits per heavy atom. The van der Waals surface area contributed by atoms with Gasteiger partial charge < -0.3 is 10.6 Å². The molecule has 0 spiro atoms. The number of carbonyl (C=O) groups excluding carboxylic acids is 1. The SMILES string of the molecule is CCC(CC)NC(=O)CNC1CCC(C)CC1. The summed E-state index contributed by atoms with van der Waals surface area (Å²) in [5, 5.41) is 6.45. The van der Waals surface area contributed by atoms with E-state index in [0.717, 1.165) is 18.8 Å². The van der Waals surface area contributed by atoms with Crippen LogP contribution in [0.1, 0.15) is 59.3 Å². The zero-order valence-corrected chi connectivity index (χ0v) is 11.6. The summed E-state index contributed by atoms with van der Waals surface area (Å²) in [7, 11) is 0. The molecule has 1 rings (SSSR count). The standard InChI is InChI=1S/C14H28N2O/c1-4-12(5-2)16-14(17)10-15-13-8-6-11(3)7-9-13/h11-13,15H,4-10H2,1-3H3,(H,16,17). The van der Waals surface area contributed by atoms with E-state index in [1.165, 1.54) is 25.7 Å². The van der Waals surface area contributed by atoms with Crippen molar-refractivity contribution >= 4 is 5.91 Å². The highest BCUT2D eigenvalue weighted by Gasteiger charge is 2.18. The van der Waals surface area contributed by atoms with Crippen molar-refractivity contribution < 1.29 is 4.79 Å². The van der Waals surface area contributed by atoms with Crippen LogP contribution in [0.4, 0.5) is 0 Å². The normalized spacial score (nSPS) is 24.9. The zero-order chi connectivity index (χ0) is 12.7. The van der Waals surface area contributed by atoms with E-state index in [2.05, 4.69) is 31.4 Å². The summed E-state index contributed by atoms with van der Waals surface area (Å²) < 4.78 is 0. The molecule has 0 aromatic rings. The van der Waals surface area contributed by atoms with Crippen molar-refractivity contribution in [1.82, 2.24) is 10.6 Å². The van der Waals surface area contributed by atoms with E-state index in [4.69, 9.17) is 0 Å². The average molecular weight is 240 g/mol. The van der Waals surface area contributed by atoms with E-state index in [9.17, 15) is 4.79 Å². The largest absolute Gasteiger partial charge is 0.352 e. The van der Waals surface area contributed by atoms with Crippen molar-refractivity contribution in [3.05, 3.63) is 0 Å². The van der Waals surface area contributed by atoms with Gasteiger partial charge >= 0.3 is 0 Å². The first-order valence-electron chi connectivity index (χ1n) is 7.18. The van der Waals surface area contributed by atoms with Gasteiger partial charge in [-0.05, 0) is 44.4 Å². The Kier molecular flexibility index (Phi) is 6.56. The van der Waals surface area contributed by atoms with Crippen molar-refractivity contribution in [2.24, 2.45) is 5.92 Å². The van der Waals surface area contributed by atoms with Gasteiger partial charge in [0.2, 0.25) is 5.91 Å². The van der Waals surface area contributed by atoms with E-state index in [0.29, 0.717) is 18.6 Å². The lowest BCUT2D eigenvalue weighted by Crippen LogP contribution is -2.43. The monoisotopic (exact) mass is 240 g/mol. The van der Waals surface area contributed by atoms with Gasteiger partial charge in [0.15, 0.2) is 0 Å². The van der Waals surface area contributed by atoms with Crippen LogP contribution in [0.2, 0.25) is 0 Å². The lowest BCUT2D eigenvalue weighted by atomic mass is 9.87. The second-order valence-electron chi connectivity index (χ2n) is 5.42. The number of carbonyl (C=O) groups is 1. The average Bonchev–Trinajstić information content (AvgIpc) is 2.35. The van der Waals surface area contributed by atoms with Gasteiger partial charge in [-0.25, -0.2) is 0 Å². The van der Waals surface area contributed by atoms with Gasteiger partial charge in [0.05, 0.1) is 6.54 Å². The van der Waals surface area contributed by atoms with Crippen LogP contribution in [0, 0.1) is 5.92 Å². The minimum atomic E-state index is 0.150. The summed E-state index contributed by atoms with van der Waals surface area (Å²) in [5.74, 6) is 1.02. The third-order valence-corrected chi connectivity index (χ3v) is 3.92. The smallest absolute Gasteiger partial charge is 0.234 e. The predicted molar refractivity (Wildman–Crippen MR) is 71.9 cm³/mol. The molecule has 1 saturated carbocycles. The number of nitrogens with one attached hydrogen (secondary N) is 2. The Balaban J connectivity index is 2.15. The quantitative estimate of drug-likeness (QED) is 0.749. The van der Waals surface area contributed by atoms with E-state index in [1.54, 1.807) is 0 Å². The van der Waals surface area contributed by atoms with E-state index >= 15 is 0 Å². The molecule has 0 aromatic heterocycles. The molecule has 0 bridgehead atoms. The van der Waals surface area contributed by atoms with Gasteiger partial charge in [-0.2, -0.15) is 0 Å². The van der Waals surface area contributed by atoms with Crippen molar-refractivity contribution in [1.29, 1.82) is 0 Å². The molecule has 1 aliphatic rings. The predicted octanol–water partition coefficient (Wildman–Crippen LogP) is 2.46. The number of amides is 1. The topological polar surface area (TPSA) is 41.1 Å². The fourth-order valence-corrected chi connectivity index (χ4v) is 2.47. The Morgan fingerprint density at radius 1 is 1.18 bits per heavy atom. The second kappa shape index (κ2) is 7.70. The first-order chi connectivity index (χ1) is 8.15. The van der Waals surface area contributed by atoms with E-state index in [-0.39, 0.29) is 5.91 Å². The fraction of sp³-hybridized carbons (Fsp3) is 0.929. The van der Waals surface area contributed by atoms with E-state index < -0.39 is 0 Å². The molecule has 2 N–H and O–H groups in total. The number of hydrogen-bond donors (Lipinski definition) is 2. The van der Waals surface area contributed by atoms with Crippen molar-refractivity contribution in [3.63, 3.8) is 0 Å². The molecule has 0 unspecified atom stereocenters. The van der Waals surface area contributed by atoms with Gasteiger partial charge in [0, 0.05) is 12.1 Å². The maximum Gasteiger partial charge on any atom is 0.234 e. The molecule has 1 amide bonds. The van der Waals surface area contributed by atoms with Gasteiger partial charge in [0.1, 0.15) is 0 Å². The van der Waals surface area contributed by atoms with Crippen LogP contribution in [-0.4, -0.2) is 24.5 Å². The Morgan fingerprint density at radius 3 is 2.29 bits per heavy atom. The lowest BCUT2D eigenvalue weighted by molar-refractivity contribution is -0.121. The van der Waals surface area contributed by atoms with Gasteiger partial charge in [0.25, 0.3) is 0 Å². The van der Waals surface area contributed by atoms with Crippen LogP contribution < -0.4 is 10.6 Å². The van der Waals surface area contributed by atoms with Crippen LogP contribution in [0.3, 0.4) is 0 Å². The minimum absolute atomic E-state index is 0.150. The molecular formula is C14H28N2O. The Bertz CT molecular complexity index is 218. The summed E-state index contributed by atoms with van der Waals surface area (Å²) in [6.07, 6.45) is 7.07. The van der Waals surface area contributed by atoms with E-state index in [1.807, 2.05) is 0 Å². The molecule has 1 fully saturated rings. The van der Waals surface area contributed by atoms with Crippen molar-refractivity contribution in [2.45, 2.75) is 71.4 Å². The third kappa shape index (κ3) is 5.53. The van der Waals surface area contributed by atoms with Crippen LogP contribution in [-0.2, 0) is 4.79 Å². The summed E-state index contributed by atoms with van der Waals surface area (Å²) in [6.45, 7) is 7.03. The zero-order valence-electron chi connectivity index (χ0n) is 11.6. The number of rotatable bonds is 6. The Labute approximate surface area is 106 Å². The van der Waals surface area contributed by atoms with Gasteiger partial charge in [-0.15, -0.1) is 0 Å². The fourth-order valence-electron chi connectivity index (χ4n) is 2.47. The summed E-state index contributed by atoms with van der Waals surface area (Å²) in [5.41, 5.74) is 0. The molecular weight excluding hydrogens is 212 g/mol. The van der Waals surface area contributed by atoms with Crippen LogP contribution in [0.15, 0.2) is 0 Å². The molecule has 0 radical (unpaired) electrons. The maximum absolute atomic E-state index is 11.7. The van der Waals surface area contributed by atoms with Crippen LogP contribution in [0.5, 0.6) is 0 Å². The van der Waals surface area contributed by atoms with Crippen molar-refractivity contribution in [3.8, 4) is 0 Å². The maximum atomic E-state index is 11.7. The highest BCUT2D eigenvalue weighted by molar-refractivity contribution is 5.78. The lowest BCUT2D eigenvalue weighted by Gasteiger charge is -2.27. The number of hydrogen-bond acceptors (Lipinski definition) is 2. The van der Waals surface area contributed by atoms with Crippen LogP contribution >= 0.6 is 0 Å². The minimum Gasteiger partial charge on any atom is -0.352 e. The third-order valence-electron chi connectivity index (χ3n) is 3.92. The molecule has 3 nitrogen and oxygen atoms in total. The molecule has 1 aliphatic carbocycles. The molecule has 3 heteroatoms. The van der Waals surface area contributed by atoms with Gasteiger partial charge in [-0.3, -0.25) is 4.79 Å². The first kappa shape index (κ1) is 14.5. The first-order valence-corrected chi connectivity index (χ1v) is 7.18. The van der Waals surface area contributed by atoms with Gasteiger partial charge in [-0.1, -0.05) is 20.8 Å². The summed E-state index contributed by atoms with van der Waals surface area (Å²) in [6, 6.07) is 0.898.